The number of nitrogens with one attached hydrogen (secondary N) is 1. The number of rotatable bonds is 3. The second-order valence-corrected chi connectivity index (χ2v) is 8.04. The molecule has 4 aromatic heterocycles. The summed E-state index contributed by atoms with van der Waals surface area (Å²) in [6.45, 7) is 3.60. The molecular weight excluding hydrogens is 420 g/mol. The van der Waals surface area contributed by atoms with Gasteiger partial charge in [-0.2, -0.15) is 0 Å². The van der Waals surface area contributed by atoms with Crippen LogP contribution in [0.2, 0.25) is 0 Å². The van der Waals surface area contributed by atoms with Gasteiger partial charge in [0.1, 0.15) is 5.69 Å². The van der Waals surface area contributed by atoms with Crippen LogP contribution in [0.1, 0.15) is 12.1 Å². The molecule has 0 unspecified atom stereocenters. The van der Waals surface area contributed by atoms with Crippen LogP contribution in [0, 0.1) is 6.92 Å². The first kappa shape index (κ1) is 19.4. The summed E-state index contributed by atoms with van der Waals surface area (Å²) in [4.78, 5) is 39.1. The molecule has 2 aliphatic heterocycles. The molecule has 2 aliphatic rings. The second-order valence-electron chi connectivity index (χ2n) is 8.04. The number of aryl methyl sites for hydroxylation is 1. The maximum atomic E-state index is 13.4. The van der Waals surface area contributed by atoms with Gasteiger partial charge in [0.15, 0.2) is 18.0 Å². The van der Waals surface area contributed by atoms with E-state index in [1.165, 1.54) is 6.39 Å². The zero-order valence-electron chi connectivity index (χ0n) is 17.8. The Labute approximate surface area is 189 Å². The van der Waals surface area contributed by atoms with Gasteiger partial charge in [0.05, 0.1) is 23.6 Å². The minimum Gasteiger partial charge on any atom is -0.442 e. The summed E-state index contributed by atoms with van der Waals surface area (Å²) in [5, 5.41) is 2.84. The summed E-state index contributed by atoms with van der Waals surface area (Å²) in [6.07, 6.45) is 7.10. The number of nitrogens with zero attached hydrogens (tertiary/aromatic N) is 7. The number of hydrogen-bond acceptors (Lipinski definition) is 8. The fraction of sp³-hybridized carbons (Fsp3) is 0.217. The monoisotopic (exact) mass is 440 g/mol. The average Bonchev–Trinajstić information content (AvgIpc) is 3.51. The number of amides is 2. The van der Waals surface area contributed by atoms with Crippen molar-refractivity contribution in [1.82, 2.24) is 24.9 Å². The van der Waals surface area contributed by atoms with Crippen LogP contribution in [0.15, 0.2) is 59.7 Å². The van der Waals surface area contributed by atoms with Crippen LogP contribution in [0.4, 0.5) is 22.2 Å². The van der Waals surface area contributed by atoms with Gasteiger partial charge in [-0.3, -0.25) is 15.2 Å². The molecule has 0 radical (unpaired) electrons. The van der Waals surface area contributed by atoms with Crippen LogP contribution >= 0.6 is 0 Å². The number of anilines is 3. The largest absolute Gasteiger partial charge is 0.442 e. The first-order valence-electron chi connectivity index (χ1n) is 10.7. The molecule has 0 spiro atoms. The summed E-state index contributed by atoms with van der Waals surface area (Å²) in [7, 11) is 0. The molecule has 1 fully saturated rings. The van der Waals surface area contributed by atoms with Crippen molar-refractivity contribution in [2.75, 3.05) is 28.2 Å². The van der Waals surface area contributed by atoms with E-state index in [0.29, 0.717) is 17.3 Å². The van der Waals surface area contributed by atoms with Crippen molar-refractivity contribution in [3.05, 3.63) is 61.0 Å². The normalized spacial score (nSPS) is 16.6. The Bertz CT molecular complexity index is 1340. The van der Waals surface area contributed by atoms with E-state index in [1.54, 1.807) is 29.6 Å². The molecule has 10 nitrogen and oxygen atoms in total. The van der Waals surface area contributed by atoms with E-state index in [2.05, 4.69) is 30.2 Å². The van der Waals surface area contributed by atoms with Gasteiger partial charge in [-0.05, 0) is 43.7 Å². The maximum Gasteiger partial charge on any atom is 0.330 e. The Kier molecular flexibility index (Phi) is 4.49. The van der Waals surface area contributed by atoms with Gasteiger partial charge in [0.25, 0.3) is 0 Å². The van der Waals surface area contributed by atoms with Crippen LogP contribution in [0.25, 0.3) is 22.7 Å². The van der Waals surface area contributed by atoms with Crippen molar-refractivity contribution in [2.45, 2.75) is 19.4 Å². The molecule has 1 saturated heterocycles. The van der Waals surface area contributed by atoms with Crippen molar-refractivity contribution in [3.63, 3.8) is 0 Å². The summed E-state index contributed by atoms with van der Waals surface area (Å²) in [5.74, 6) is 1.33. The number of hydrogen-bond donors (Lipinski definition) is 1. The van der Waals surface area contributed by atoms with Crippen molar-refractivity contribution in [1.29, 1.82) is 0 Å². The lowest BCUT2D eigenvalue weighted by molar-refractivity contribution is 0.254. The van der Waals surface area contributed by atoms with Crippen LogP contribution in [0.5, 0.6) is 0 Å². The Morgan fingerprint density at radius 3 is 2.88 bits per heavy atom. The standard InChI is InChI=1S/C23H20N8O2/c1-14-10-15(4-7-25-14)17-2-3-19-21(27-17)31(16-6-9-30(19)12-16)23(32)29-22-26-8-5-18(28-22)20-11-24-13-33-20/h2-5,7-8,10-11,13,16H,6,9,12H2,1H3,(H,26,28,29,32)/t16-/m0/s1. The number of fused-ring (bicyclic) bond motifs is 4. The highest BCUT2D eigenvalue weighted by molar-refractivity contribution is 6.04. The van der Waals surface area contributed by atoms with E-state index in [0.717, 1.165) is 42.1 Å². The number of aromatic nitrogens is 5. The Balaban J connectivity index is 1.34. The zero-order chi connectivity index (χ0) is 22.4. The Hall–Kier alpha value is -4.34. The van der Waals surface area contributed by atoms with Crippen molar-refractivity contribution in [3.8, 4) is 22.7 Å². The maximum absolute atomic E-state index is 13.4. The van der Waals surface area contributed by atoms with E-state index in [9.17, 15) is 4.79 Å². The van der Waals surface area contributed by atoms with Gasteiger partial charge >= 0.3 is 6.03 Å². The van der Waals surface area contributed by atoms with Gasteiger partial charge in [-0.1, -0.05) is 0 Å². The highest BCUT2D eigenvalue weighted by Crippen LogP contribution is 2.40. The fourth-order valence-corrected chi connectivity index (χ4v) is 4.39. The van der Waals surface area contributed by atoms with Crippen LogP contribution in [0.3, 0.4) is 0 Å². The number of carbonyl (C=O) groups is 1. The van der Waals surface area contributed by atoms with Crippen molar-refractivity contribution < 1.29 is 9.21 Å². The van der Waals surface area contributed by atoms with E-state index >= 15 is 0 Å². The SMILES string of the molecule is Cc1cc(-c2ccc3c(n2)N(C(=O)Nc2nccc(-c4cnco4)n2)[C@H]2CCN3C2)ccn1. The van der Waals surface area contributed by atoms with Crippen molar-refractivity contribution in [2.24, 2.45) is 0 Å². The molecule has 0 aromatic carbocycles. The zero-order valence-corrected chi connectivity index (χ0v) is 17.8. The van der Waals surface area contributed by atoms with Crippen LogP contribution in [-0.4, -0.2) is 50.1 Å². The first-order valence-corrected chi connectivity index (χ1v) is 10.7. The number of oxazole rings is 1. The molecule has 1 atom stereocenters. The fourth-order valence-electron chi connectivity index (χ4n) is 4.39. The molecule has 0 saturated carbocycles. The van der Waals surface area contributed by atoms with Gasteiger partial charge in [-0.25, -0.2) is 24.7 Å². The van der Waals surface area contributed by atoms with Gasteiger partial charge in [-0.15, -0.1) is 0 Å². The molecule has 10 heteroatoms. The molecule has 0 aliphatic carbocycles. The number of carbonyl (C=O) groups excluding carboxylic acids is 1. The lowest BCUT2D eigenvalue weighted by atomic mass is 10.1. The van der Waals surface area contributed by atoms with E-state index in [-0.39, 0.29) is 18.0 Å². The van der Waals surface area contributed by atoms with Crippen molar-refractivity contribution >= 4 is 23.5 Å². The number of pyridine rings is 2. The molecule has 164 valence electrons. The summed E-state index contributed by atoms with van der Waals surface area (Å²) >= 11 is 0. The van der Waals surface area contributed by atoms with E-state index in [4.69, 9.17) is 9.40 Å². The third kappa shape index (κ3) is 3.45. The average molecular weight is 440 g/mol. The minimum atomic E-state index is -0.312. The highest BCUT2D eigenvalue weighted by Gasteiger charge is 2.40. The summed E-state index contributed by atoms with van der Waals surface area (Å²) < 4.78 is 5.30. The summed E-state index contributed by atoms with van der Waals surface area (Å²) in [6, 6.07) is 9.35. The Morgan fingerprint density at radius 1 is 1.12 bits per heavy atom. The lowest BCUT2D eigenvalue weighted by Gasteiger charge is -2.35. The van der Waals surface area contributed by atoms with Gasteiger partial charge in [0.2, 0.25) is 5.95 Å². The molecule has 2 amide bonds. The van der Waals surface area contributed by atoms with E-state index < -0.39 is 0 Å². The van der Waals surface area contributed by atoms with Crippen LogP contribution < -0.4 is 15.1 Å². The first-order chi connectivity index (χ1) is 16.2. The molecule has 4 aromatic rings. The number of urea groups is 1. The topological polar surface area (TPSA) is 113 Å². The quantitative estimate of drug-likeness (QED) is 0.515. The third-order valence-corrected chi connectivity index (χ3v) is 5.92. The highest BCUT2D eigenvalue weighted by atomic mass is 16.3. The molecule has 6 heterocycles. The Morgan fingerprint density at radius 2 is 2.03 bits per heavy atom. The summed E-state index contributed by atoms with van der Waals surface area (Å²) in [5.41, 5.74) is 4.15. The predicted octanol–water partition coefficient (Wildman–Crippen LogP) is 3.53. The molecule has 33 heavy (non-hydrogen) atoms. The molecular formula is C23H20N8O2. The third-order valence-electron chi connectivity index (χ3n) is 5.92. The van der Waals surface area contributed by atoms with Gasteiger partial charge < -0.3 is 9.32 Å². The molecule has 1 N–H and O–H groups in total. The molecule has 2 bridgehead atoms. The smallest absolute Gasteiger partial charge is 0.330 e. The minimum absolute atomic E-state index is 0.0249. The lowest BCUT2D eigenvalue weighted by Crippen LogP contribution is -2.48. The predicted molar refractivity (Wildman–Crippen MR) is 122 cm³/mol. The van der Waals surface area contributed by atoms with Crippen LogP contribution in [-0.2, 0) is 0 Å². The van der Waals surface area contributed by atoms with E-state index in [1.807, 2.05) is 31.2 Å². The van der Waals surface area contributed by atoms with Gasteiger partial charge in [0, 0.05) is 36.7 Å². The second kappa shape index (κ2) is 7.66. The molecule has 6 rings (SSSR count).